The van der Waals surface area contributed by atoms with Gasteiger partial charge in [0, 0.05) is 33.3 Å². The molecule has 0 spiro atoms. The Bertz CT molecular complexity index is 924. The van der Waals surface area contributed by atoms with Gasteiger partial charge in [-0.25, -0.2) is 0 Å². The van der Waals surface area contributed by atoms with E-state index in [2.05, 4.69) is 115 Å². The van der Waals surface area contributed by atoms with Crippen LogP contribution in [-0.2, 0) is 5.41 Å². The number of hydrogen-bond acceptors (Lipinski definition) is 1. The van der Waals surface area contributed by atoms with E-state index in [4.69, 9.17) is 0 Å². The number of rotatable bonds is 3. The molecule has 3 heteroatoms. The van der Waals surface area contributed by atoms with Crippen LogP contribution in [0.3, 0.4) is 0 Å². The lowest BCUT2D eigenvalue weighted by molar-refractivity contribution is 0.590. The summed E-state index contributed by atoms with van der Waals surface area (Å²) in [7, 11) is 0. The summed E-state index contributed by atoms with van der Waals surface area (Å²) in [5.41, 5.74) is 7.17. The molecule has 1 aromatic heterocycles. The number of halogens is 1. The highest BCUT2D eigenvalue weighted by Crippen LogP contribution is 2.25. The molecular weight excluding hydrogens is 384 g/mol. The predicted octanol–water partition coefficient (Wildman–Crippen LogP) is 6.90. The molecule has 0 amide bonds. The Balaban J connectivity index is 1.88. The second kappa shape index (κ2) is 7.24. The zero-order valence-corrected chi connectivity index (χ0v) is 17.6. The lowest BCUT2D eigenvalue weighted by Gasteiger charge is -2.18. The lowest BCUT2D eigenvalue weighted by atomic mass is 9.87. The third kappa shape index (κ3) is 3.99. The highest BCUT2D eigenvalue weighted by Gasteiger charge is 2.13. The fourth-order valence-corrected chi connectivity index (χ4v) is 3.36. The van der Waals surface area contributed by atoms with Crippen molar-refractivity contribution in [1.29, 1.82) is 0 Å². The molecule has 0 aliphatic heterocycles. The van der Waals surface area contributed by atoms with Gasteiger partial charge in [0.05, 0.1) is 5.69 Å². The van der Waals surface area contributed by atoms with Crippen LogP contribution in [0.5, 0.6) is 0 Å². The standard InChI is InChI=1S/C23H25BrN2/c1-16-14-18(17(2)26(16)22-12-8-20(24)9-13-22)15-25-21-10-6-19(7-11-21)23(3,4)5/h6-15H,1-5H3. The summed E-state index contributed by atoms with van der Waals surface area (Å²) < 4.78 is 3.35. The van der Waals surface area contributed by atoms with Crippen molar-refractivity contribution in [2.45, 2.75) is 40.0 Å². The fraction of sp³-hybridized carbons (Fsp3) is 0.261. The number of nitrogens with zero attached hydrogens (tertiary/aromatic N) is 2. The first kappa shape index (κ1) is 18.7. The van der Waals surface area contributed by atoms with Gasteiger partial charge in [-0.2, -0.15) is 0 Å². The van der Waals surface area contributed by atoms with Crippen LogP contribution in [0.4, 0.5) is 5.69 Å². The Morgan fingerprint density at radius 3 is 2.12 bits per heavy atom. The monoisotopic (exact) mass is 408 g/mol. The summed E-state index contributed by atoms with van der Waals surface area (Å²) in [4.78, 5) is 4.68. The highest BCUT2D eigenvalue weighted by atomic mass is 79.9. The molecule has 0 fully saturated rings. The minimum atomic E-state index is 0.165. The molecule has 0 aliphatic carbocycles. The third-order valence-corrected chi connectivity index (χ3v) is 5.17. The number of aliphatic imine (C=N–C) groups is 1. The van der Waals surface area contributed by atoms with Gasteiger partial charge in [-0.1, -0.05) is 48.8 Å². The number of hydrogen-bond donors (Lipinski definition) is 0. The molecule has 0 N–H and O–H groups in total. The van der Waals surface area contributed by atoms with Gasteiger partial charge in [0.15, 0.2) is 0 Å². The van der Waals surface area contributed by atoms with Crippen LogP contribution in [-0.4, -0.2) is 10.8 Å². The Hall–Kier alpha value is -2.13. The molecule has 2 nitrogen and oxygen atoms in total. The summed E-state index contributed by atoms with van der Waals surface area (Å²) in [6.45, 7) is 10.9. The van der Waals surface area contributed by atoms with Crippen molar-refractivity contribution in [3.8, 4) is 5.69 Å². The molecule has 3 aromatic rings. The summed E-state index contributed by atoms with van der Waals surface area (Å²) in [6, 6.07) is 19.1. The summed E-state index contributed by atoms with van der Waals surface area (Å²) >= 11 is 3.50. The van der Waals surface area contributed by atoms with Gasteiger partial charge in [-0.05, 0) is 67.3 Å². The normalized spacial score (nSPS) is 12.1. The van der Waals surface area contributed by atoms with Crippen molar-refractivity contribution in [1.82, 2.24) is 4.57 Å². The molecule has 0 aliphatic rings. The highest BCUT2D eigenvalue weighted by molar-refractivity contribution is 9.10. The largest absolute Gasteiger partial charge is 0.318 e. The van der Waals surface area contributed by atoms with Crippen molar-refractivity contribution < 1.29 is 0 Å². The molecule has 0 unspecified atom stereocenters. The van der Waals surface area contributed by atoms with Crippen LogP contribution < -0.4 is 0 Å². The van der Waals surface area contributed by atoms with Gasteiger partial charge in [-0.3, -0.25) is 4.99 Å². The molecule has 26 heavy (non-hydrogen) atoms. The van der Waals surface area contributed by atoms with Gasteiger partial charge >= 0.3 is 0 Å². The van der Waals surface area contributed by atoms with E-state index in [9.17, 15) is 0 Å². The molecule has 0 atom stereocenters. The van der Waals surface area contributed by atoms with E-state index in [-0.39, 0.29) is 5.41 Å². The van der Waals surface area contributed by atoms with Gasteiger partial charge in [0.2, 0.25) is 0 Å². The van der Waals surface area contributed by atoms with Crippen LogP contribution in [0.1, 0.15) is 43.3 Å². The number of aryl methyl sites for hydroxylation is 1. The smallest absolute Gasteiger partial charge is 0.0630 e. The van der Waals surface area contributed by atoms with E-state index in [1.165, 1.54) is 17.0 Å². The van der Waals surface area contributed by atoms with Crippen LogP contribution in [0.2, 0.25) is 0 Å². The van der Waals surface area contributed by atoms with E-state index in [0.717, 1.165) is 21.4 Å². The number of benzene rings is 2. The van der Waals surface area contributed by atoms with Crippen molar-refractivity contribution >= 4 is 27.8 Å². The zero-order chi connectivity index (χ0) is 18.9. The second-order valence-corrected chi connectivity index (χ2v) is 8.61. The Morgan fingerprint density at radius 2 is 1.54 bits per heavy atom. The summed E-state index contributed by atoms with van der Waals surface area (Å²) in [5, 5.41) is 0. The topological polar surface area (TPSA) is 17.3 Å². The zero-order valence-electron chi connectivity index (χ0n) is 16.0. The number of aromatic nitrogens is 1. The van der Waals surface area contributed by atoms with E-state index in [1.54, 1.807) is 0 Å². The average Bonchev–Trinajstić information content (AvgIpc) is 2.87. The summed E-state index contributed by atoms with van der Waals surface area (Å²) in [5.74, 6) is 0. The quantitative estimate of drug-likeness (QED) is 0.419. The maximum absolute atomic E-state index is 4.68. The molecule has 0 saturated heterocycles. The Morgan fingerprint density at radius 1 is 0.923 bits per heavy atom. The molecule has 1 heterocycles. The van der Waals surface area contributed by atoms with Crippen LogP contribution in [0.25, 0.3) is 5.69 Å². The van der Waals surface area contributed by atoms with E-state index < -0.39 is 0 Å². The predicted molar refractivity (Wildman–Crippen MR) is 115 cm³/mol. The van der Waals surface area contributed by atoms with E-state index in [1.807, 2.05) is 6.21 Å². The Labute approximate surface area is 164 Å². The van der Waals surface area contributed by atoms with Gasteiger partial charge in [-0.15, -0.1) is 0 Å². The molecule has 134 valence electrons. The molecule has 2 aromatic carbocycles. The maximum Gasteiger partial charge on any atom is 0.0630 e. The fourth-order valence-electron chi connectivity index (χ4n) is 3.10. The molecule has 0 saturated carbocycles. The Kier molecular flexibility index (Phi) is 5.19. The van der Waals surface area contributed by atoms with Gasteiger partial charge < -0.3 is 4.57 Å². The SMILES string of the molecule is Cc1cc(C=Nc2ccc(C(C)(C)C)cc2)c(C)n1-c1ccc(Br)cc1. The molecule has 0 radical (unpaired) electrons. The summed E-state index contributed by atoms with van der Waals surface area (Å²) in [6.07, 6.45) is 1.96. The lowest BCUT2D eigenvalue weighted by Crippen LogP contribution is -2.10. The van der Waals surface area contributed by atoms with E-state index in [0.29, 0.717) is 0 Å². The minimum Gasteiger partial charge on any atom is -0.318 e. The van der Waals surface area contributed by atoms with Crippen molar-refractivity contribution in [3.63, 3.8) is 0 Å². The van der Waals surface area contributed by atoms with Gasteiger partial charge in [0.25, 0.3) is 0 Å². The van der Waals surface area contributed by atoms with Crippen LogP contribution in [0, 0.1) is 13.8 Å². The van der Waals surface area contributed by atoms with Crippen LogP contribution >= 0.6 is 15.9 Å². The molecule has 3 rings (SSSR count). The van der Waals surface area contributed by atoms with Gasteiger partial charge in [0.1, 0.15) is 0 Å². The van der Waals surface area contributed by atoms with E-state index >= 15 is 0 Å². The third-order valence-electron chi connectivity index (χ3n) is 4.64. The molecular formula is C23H25BrN2. The van der Waals surface area contributed by atoms with Crippen LogP contribution in [0.15, 0.2) is 64.1 Å². The average molecular weight is 409 g/mol. The van der Waals surface area contributed by atoms with Crippen molar-refractivity contribution in [3.05, 3.63) is 81.6 Å². The molecule has 0 bridgehead atoms. The second-order valence-electron chi connectivity index (χ2n) is 7.69. The maximum atomic E-state index is 4.68. The van der Waals surface area contributed by atoms with Crippen molar-refractivity contribution in [2.75, 3.05) is 0 Å². The van der Waals surface area contributed by atoms with Crippen molar-refractivity contribution in [2.24, 2.45) is 4.99 Å². The minimum absolute atomic E-state index is 0.165. The first-order valence-electron chi connectivity index (χ1n) is 8.85. The first-order valence-corrected chi connectivity index (χ1v) is 9.64. The first-order chi connectivity index (χ1) is 12.3.